The molecule has 0 aromatic heterocycles. The third-order valence-corrected chi connectivity index (χ3v) is 1.43. The van der Waals surface area contributed by atoms with Crippen molar-refractivity contribution in [3.63, 3.8) is 0 Å². The quantitative estimate of drug-likeness (QED) is 0.617. The highest BCUT2D eigenvalue weighted by Crippen LogP contribution is 2.02. The number of ether oxygens (including phenoxy) is 2. The van der Waals surface area contributed by atoms with Crippen LogP contribution in [-0.4, -0.2) is 36.9 Å². The lowest BCUT2D eigenvalue weighted by Crippen LogP contribution is -2.30. The molecule has 0 fully saturated rings. The molecule has 0 aromatic carbocycles. The van der Waals surface area contributed by atoms with E-state index in [4.69, 9.17) is 5.11 Å². The number of hydrogen-bond acceptors (Lipinski definition) is 5. The van der Waals surface area contributed by atoms with Crippen LogP contribution in [0.4, 0.5) is 0 Å². The van der Waals surface area contributed by atoms with E-state index < -0.39 is 24.6 Å². The van der Waals surface area contributed by atoms with Gasteiger partial charge in [0.2, 0.25) is 0 Å². The van der Waals surface area contributed by atoms with Crippen LogP contribution in [0.2, 0.25) is 0 Å². The van der Waals surface area contributed by atoms with E-state index in [2.05, 4.69) is 9.47 Å². The van der Waals surface area contributed by atoms with Crippen molar-refractivity contribution in [1.29, 1.82) is 0 Å². The van der Waals surface area contributed by atoms with Crippen molar-refractivity contribution in [1.82, 2.24) is 0 Å². The summed E-state index contributed by atoms with van der Waals surface area (Å²) in [6.07, 6.45) is -1.19. The molecule has 1 N–H and O–H groups in total. The molecule has 1 unspecified atom stereocenters. The van der Waals surface area contributed by atoms with E-state index in [9.17, 15) is 9.59 Å². The number of aliphatic hydroxyl groups excluding tert-OH is 1. The molecule has 5 nitrogen and oxygen atoms in total. The molecule has 0 rings (SSSR count). The molecule has 5 heteroatoms. The Bertz CT molecular complexity index is 187. The largest absolute Gasteiger partial charge is 0.466 e. The zero-order valence-corrected chi connectivity index (χ0v) is 7.94. The van der Waals surface area contributed by atoms with Gasteiger partial charge in [0.1, 0.15) is 0 Å². The number of carbonyl (C=O) groups excluding carboxylic acids is 2. The Morgan fingerprint density at radius 2 is 1.92 bits per heavy atom. The van der Waals surface area contributed by atoms with Crippen molar-refractivity contribution in [2.24, 2.45) is 5.92 Å². The van der Waals surface area contributed by atoms with Crippen LogP contribution in [-0.2, 0) is 19.1 Å². The van der Waals surface area contributed by atoms with Crippen molar-refractivity contribution < 1.29 is 24.2 Å². The molecule has 0 aliphatic rings. The average molecular weight is 190 g/mol. The van der Waals surface area contributed by atoms with Crippen LogP contribution in [0.3, 0.4) is 0 Å². The summed E-state index contributed by atoms with van der Waals surface area (Å²) >= 11 is 0. The summed E-state index contributed by atoms with van der Waals surface area (Å²) in [6, 6.07) is 0. The van der Waals surface area contributed by atoms with E-state index in [0.717, 1.165) is 0 Å². The Morgan fingerprint density at radius 3 is 2.31 bits per heavy atom. The van der Waals surface area contributed by atoms with Crippen LogP contribution in [0.1, 0.15) is 13.8 Å². The van der Waals surface area contributed by atoms with E-state index in [0.29, 0.717) is 0 Å². The Hall–Kier alpha value is -1.10. The summed E-state index contributed by atoms with van der Waals surface area (Å²) in [5.74, 6) is -1.69. The van der Waals surface area contributed by atoms with E-state index >= 15 is 0 Å². The van der Waals surface area contributed by atoms with Gasteiger partial charge in [0.15, 0.2) is 12.7 Å². The molecule has 0 saturated carbocycles. The molecule has 13 heavy (non-hydrogen) atoms. The maximum atomic E-state index is 10.9. The van der Waals surface area contributed by atoms with Gasteiger partial charge in [-0.1, -0.05) is 13.8 Å². The predicted octanol–water partition coefficient (Wildman–Crippen LogP) is -0.281. The lowest BCUT2D eigenvalue weighted by Gasteiger charge is -2.12. The van der Waals surface area contributed by atoms with E-state index in [1.165, 1.54) is 7.11 Å². The van der Waals surface area contributed by atoms with Gasteiger partial charge in [-0.15, -0.1) is 0 Å². The normalized spacial score (nSPS) is 12.4. The highest BCUT2D eigenvalue weighted by atomic mass is 16.6. The maximum absolute atomic E-state index is 10.9. The van der Waals surface area contributed by atoms with E-state index in [1.54, 1.807) is 13.8 Å². The minimum Gasteiger partial charge on any atom is -0.466 e. The van der Waals surface area contributed by atoms with Crippen LogP contribution >= 0.6 is 0 Å². The van der Waals surface area contributed by atoms with Crippen LogP contribution < -0.4 is 0 Å². The second kappa shape index (κ2) is 5.53. The zero-order chi connectivity index (χ0) is 10.4. The molecule has 0 saturated heterocycles. The molecular weight excluding hydrogens is 176 g/mol. The summed E-state index contributed by atoms with van der Waals surface area (Å²) in [5.41, 5.74) is 0. The lowest BCUT2D eigenvalue weighted by atomic mass is 10.1. The molecular formula is C8H14O5. The van der Waals surface area contributed by atoms with Gasteiger partial charge >= 0.3 is 11.9 Å². The second-order valence-corrected chi connectivity index (χ2v) is 2.87. The highest BCUT2D eigenvalue weighted by molar-refractivity contribution is 5.78. The average Bonchev–Trinajstić information content (AvgIpc) is 2.11. The van der Waals surface area contributed by atoms with Crippen LogP contribution in [0.15, 0.2) is 0 Å². The smallest absolute Gasteiger partial charge is 0.344 e. The van der Waals surface area contributed by atoms with Gasteiger partial charge in [0, 0.05) is 0 Å². The number of carbonyl (C=O) groups is 2. The van der Waals surface area contributed by atoms with Crippen LogP contribution in [0.5, 0.6) is 0 Å². The number of rotatable bonds is 4. The second-order valence-electron chi connectivity index (χ2n) is 2.87. The summed E-state index contributed by atoms with van der Waals surface area (Å²) in [6.45, 7) is 2.88. The Labute approximate surface area is 76.6 Å². The monoisotopic (exact) mass is 190 g/mol. The molecule has 0 amide bonds. The van der Waals surface area contributed by atoms with E-state index in [-0.39, 0.29) is 5.92 Å². The zero-order valence-electron chi connectivity index (χ0n) is 7.94. The standard InChI is InChI=1S/C8H14O5/c1-5(2)7(10)8(11)13-4-6(9)12-3/h5,7,10H,4H2,1-3H3. The summed E-state index contributed by atoms with van der Waals surface area (Å²) in [4.78, 5) is 21.5. The molecule has 0 aromatic rings. The first-order valence-electron chi connectivity index (χ1n) is 3.90. The van der Waals surface area contributed by atoms with Gasteiger partial charge in [0.05, 0.1) is 7.11 Å². The summed E-state index contributed by atoms with van der Waals surface area (Å²) in [5, 5.41) is 9.15. The van der Waals surface area contributed by atoms with Crippen molar-refractivity contribution >= 4 is 11.9 Å². The summed E-state index contributed by atoms with van der Waals surface area (Å²) in [7, 11) is 1.19. The maximum Gasteiger partial charge on any atom is 0.344 e. The van der Waals surface area contributed by atoms with Gasteiger partial charge in [0.25, 0.3) is 0 Å². The molecule has 0 heterocycles. The van der Waals surface area contributed by atoms with Crippen LogP contribution in [0.25, 0.3) is 0 Å². The van der Waals surface area contributed by atoms with Gasteiger partial charge in [-0.25, -0.2) is 9.59 Å². The molecule has 1 atom stereocenters. The Kier molecular flexibility index (Phi) is 5.06. The van der Waals surface area contributed by atoms with Crippen molar-refractivity contribution in [2.75, 3.05) is 13.7 Å². The molecule has 0 aliphatic heterocycles. The Balaban J connectivity index is 3.81. The molecule has 0 aliphatic carbocycles. The highest BCUT2D eigenvalue weighted by Gasteiger charge is 2.21. The van der Waals surface area contributed by atoms with Gasteiger partial charge < -0.3 is 14.6 Å². The summed E-state index contributed by atoms with van der Waals surface area (Å²) < 4.78 is 8.70. The lowest BCUT2D eigenvalue weighted by molar-refractivity contribution is -0.164. The van der Waals surface area contributed by atoms with Gasteiger partial charge in [-0.05, 0) is 5.92 Å². The molecule has 0 bridgehead atoms. The fraction of sp³-hybridized carbons (Fsp3) is 0.750. The fourth-order valence-electron chi connectivity index (χ4n) is 0.547. The number of aliphatic hydroxyl groups is 1. The first-order chi connectivity index (χ1) is 5.99. The first-order valence-corrected chi connectivity index (χ1v) is 3.90. The minimum absolute atomic E-state index is 0.231. The molecule has 0 radical (unpaired) electrons. The van der Waals surface area contributed by atoms with Gasteiger partial charge in [-0.2, -0.15) is 0 Å². The van der Waals surface area contributed by atoms with Crippen molar-refractivity contribution in [2.45, 2.75) is 20.0 Å². The number of esters is 2. The predicted molar refractivity (Wildman–Crippen MR) is 43.8 cm³/mol. The number of methoxy groups -OCH3 is 1. The SMILES string of the molecule is COC(=O)COC(=O)C(O)C(C)C. The fourth-order valence-corrected chi connectivity index (χ4v) is 0.547. The van der Waals surface area contributed by atoms with Crippen molar-refractivity contribution in [3.05, 3.63) is 0 Å². The number of hydrogen-bond donors (Lipinski definition) is 1. The Morgan fingerprint density at radius 1 is 1.38 bits per heavy atom. The van der Waals surface area contributed by atoms with Crippen molar-refractivity contribution in [3.8, 4) is 0 Å². The first kappa shape index (κ1) is 11.9. The molecule has 0 spiro atoms. The third-order valence-electron chi connectivity index (χ3n) is 1.43. The minimum atomic E-state index is -1.19. The molecule has 76 valence electrons. The van der Waals surface area contributed by atoms with E-state index in [1.807, 2.05) is 0 Å². The third kappa shape index (κ3) is 4.47. The van der Waals surface area contributed by atoms with Crippen LogP contribution in [0, 0.1) is 5.92 Å². The topological polar surface area (TPSA) is 72.8 Å². The van der Waals surface area contributed by atoms with Gasteiger partial charge in [-0.3, -0.25) is 0 Å².